The van der Waals surface area contributed by atoms with E-state index in [1.807, 2.05) is 6.20 Å². The Bertz CT molecular complexity index is 326. The zero-order valence-corrected chi connectivity index (χ0v) is 11.0. The van der Waals surface area contributed by atoms with Crippen LogP contribution >= 0.6 is 0 Å². The maximum Gasteiger partial charge on any atom is 0.122 e. The minimum Gasteiger partial charge on any atom is -0.334 e. The lowest BCUT2D eigenvalue weighted by atomic mass is 10.1. The SMILES string of the molecule is CCn1ccnc1CN(C)C1CCCNCC1. The summed E-state index contributed by atoms with van der Waals surface area (Å²) in [5.41, 5.74) is 0. The molecule has 2 heterocycles. The lowest BCUT2D eigenvalue weighted by molar-refractivity contribution is 0.209. The van der Waals surface area contributed by atoms with Crippen molar-refractivity contribution in [2.24, 2.45) is 0 Å². The van der Waals surface area contributed by atoms with Gasteiger partial charge < -0.3 is 9.88 Å². The van der Waals surface area contributed by atoms with Gasteiger partial charge >= 0.3 is 0 Å². The summed E-state index contributed by atoms with van der Waals surface area (Å²) < 4.78 is 2.23. The van der Waals surface area contributed by atoms with E-state index >= 15 is 0 Å². The molecule has 1 N–H and O–H groups in total. The molecule has 0 aliphatic carbocycles. The highest BCUT2D eigenvalue weighted by Crippen LogP contribution is 2.14. The van der Waals surface area contributed by atoms with Gasteiger partial charge in [0.1, 0.15) is 5.82 Å². The molecule has 0 radical (unpaired) electrons. The van der Waals surface area contributed by atoms with Crippen molar-refractivity contribution in [3.05, 3.63) is 18.2 Å². The molecule has 1 unspecified atom stereocenters. The summed E-state index contributed by atoms with van der Waals surface area (Å²) in [5.74, 6) is 1.19. The van der Waals surface area contributed by atoms with E-state index in [9.17, 15) is 0 Å². The van der Waals surface area contributed by atoms with E-state index in [4.69, 9.17) is 0 Å². The Labute approximate surface area is 104 Å². The third-order valence-electron chi connectivity index (χ3n) is 3.70. The number of hydrogen-bond donors (Lipinski definition) is 1. The molecule has 0 amide bonds. The van der Waals surface area contributed by atoms with E-state index in [1.165, 1.54) is 31.6 Å². The van der Waals surface area contributed by atoms with Crippen LogP contribution in [-0.4, -0.2) is 40.6 Å². The van der Waals surface area contributed by atoms with Crippen molar-refractivity contribution in [3.8, 4) is 0 Å². The van der Waals surface area contributed by atoms with Crippen molar-refractivity contribution >= 4 is 0 Å². The van der Waals surface area contributed by atoms with Crippen LogP contribution in [0.4, 0.5) is 0 Å². The minimum atomic E-state index is 0.701. The molecule has 0 bridgehead atoms. The molecule has 1 saturated heterocycles. The maximum atomic E-state index is 4.45. The Balaban J connectivity index is 1.93. The highest BCUT2D eigenvalue weighted by Gasteiger charge is 2.17. The van der Waals surface area contributed by atoms with Crippen molar-refractivity contribution in [2.75, 3.05) is 20.1 Å². The monoisotopic (exact) mass is 236 g/mol. The number of imidazole rings is 1. The second-order valence-corrected chi connectivity index (χ2v) is 4.88. The number of nitrogens with one attached hydrogen (secondary N) is 1. The Morgan fingerprint density at radius 2 is 2.35 bits per heavy atom. The quantitative estimate of drug-likeness (QED) is 0.859. The molecule has 1 aliphatic rings. The van der Waals surface area contributed by atoms with Gasteiger partial charge in [-0.1, -0.05) is 0 Å². The van der Waals surface area contributed by atoms with Gasteiger partial charge in [-0.15, -0.1) is 0 Å². The lowest BCUT2D eigenvalue weighted by Crippen LogP contribution is -2.33. The van der Waals surface area contributed by atoms with Crippen molar-refractivity contribution < 1.29 is 0 Å². The maximum absolute atomic E-state index is 4.45. The van der Waals surface area contributed by atoms with Crippen molar-refractivity contribution in [1.29, 1.82) is 0 Å². The zero-order valence-electron chi connectivity index (χ0n) is 11.0. The standard InChI is InChI=1S/C13H24N4/c1-3-17-10-9-15-13(17)11-16(2)12-5-4-7-14-8-6-12/h9-10,12,14H,3-8,11H2,1-2H3. The van der Waals surface area contributed by atoms with Gasteiger partial charge in [0.05, 0.1) is 6.54 Å². The predicted octanol–water partition coefficient (Wildman–Crippen LogP) is 1.48. The van der Waals surface area contributed by atoms with Gasteiger partial charge in [0.25, 0.3) is 0 Å². The van der Waals surface area contributed by atoms with E-state index in [1.54, 1.807) is 0 Å². The van der Waals surface area contributed by atoms with Crippen LogP contribution in [0.2, 0.25) is 0 Å². The Hall–Kier alpha value is -0.870. The minimum absolute atomic E-state index is 0.701. The second kappa shape index (κ2) is 6.17. The van der Waals surface area contributed by atoms with Gasteiger partial charge in [0.15, 0.2) is 0 Å². The molecule has 1 aromatic heterocycles. The van der Waals surface area contributed by atoms with E-state index in [-0.39, 0.29) is 0 Å². The van der Waals surface area contributed by atoms with Crippen LogP contribution in [0.3, 0.4) is 0 Å². The van der Waals surface area contributed by atoms with Crippen molar-refractivity contribution in [2.45, 2.75) is 45.3 Å². The van der Waals surface area contributed by atoms with Gasteiger partial charge in [0, 0.05) is 25.0 Å². The van der Waals surface area contributed by atoms with E-state index in [2.05, 4.69) is 39.9 Å². The second-order valence-electron chi connectivity index (χ2n) is 4.88. The normalized spacial score (nSPS) is 21.7. The molecule has 1 aliphatic heterocycles. The Kier molecular flexibility index (Phi) is 4.57. The molecule has 4 nitrogen and oxygen atoms in total. The first-order valence-electron chi connectivity index (χ1n) is 6.72. The average Bonchev–Trinajstić information content (AvgIpc) is 2.62. The first kappa shape index (κ1) is 12.6. The number of rotatable bonds is 4. The summed E-state index contributed by atoms with van der Waals surface area (Å²) in [7, 11) is 2.23. The van der Waals surface area contributed by atoms with E-state index in [0.29, 0.717) is 6.04 Å². The summed E-state index contributed by atoms with van der Waals surface area (Å²) in [5, 5.41) is 3.47. The highest BCUT2D eigenvalue weighted by atomic mass is 15.2. The topological polar surface area (TPSA) is 33.1 Å². The largest absolute Gasteiger partial charge is 0.334 e. The van der Waals surface area contributed by atoms with Gasteiger partial charge in [-0.2, -0.15) is 0 Å². The van der Waals surface area contributed by atoms with Crippen LogP contribution in [0.1, 0.15) is 32.0 Å². The molecule has 0 spiro atoms. The summed E-state index contributed by atoms with van der Waals surface area (Å²) in [6.45, 7) is 6.47. The summed E-state index contributed by atoms with van der Waals surface area (Å²) in [6.07, 6.45) is 7.82. The van der Waals surface area contributed by atoms with E-state index in [0.717, 1.165) is 19.6 Å². The number of hydrogen-bond acceptors (Lipinski definition) is 3. The van der Waals surface area contributed by atoms with Crippen LogP contribution in [0.15, 0.2) is 12.4 Å². The van der Waals surface area contributed by atoms with Crippen LogP contribution in [-0.2, 0) is 13.1 Å². The van der Waals surface area contributed by atoms with Crippen LogP contribution in [0.25, 0.3) is 0 Å². The number of aryl methyl sites for hydroxylation is 1. The predicted molar refractivity (Wildman–Crippen MR) is 69.9 cm³/mol. The van der Waals surface area contributed by atoms with Crippen LogP contribution in [0, 0.1) is 0 Å². The fourth-order valence-corrected chi connectivity index (χ4v) is 2.57. The Morgan fingerprint density at radius 3 is 3.18 bits per heavy atom. The molecule has 96 valence electrons. The fraction of sp³-hybridized carbons (Fsp3) is 0.769. The smallest absolute Gasteiger partial charge is 0.122 e. The molecular formula is C13H24N4. The van der Waals surface area contributed by atoms with Gasteiger partial charge in [-0.25, -0.2) is 4.98 Å². The first-order valence-corrected chi connectivity index (χ1v) is 6.72. The zero-order chi connectivity index (χ0) is 12.1. The van der Waals surface area contributed by atoms with Gasteiger partial charge in [-0.3, -0.25) is 4.90 Å². The molecule has 1 fully saturated rings. The summed E-state index contributed by atoms with van der Waals surface area (Å²) in [6, 6.07) is 0.701. The molecule has 2 rings (SSSR count). The summed E-state index contributed by atoms with van der Waals surface area (Å²) in [4.78, 5) is 6.91. The van der Waals surface area contributed by atoms with Crippen LogP contribution in [0.5, 0.6) is 0 Å². The highest BCUT2D eigenvalue weighted by molar-refractivity contribution is 4.92. The van der Waals surface area contributed by atoms with E-state index < -0.39 is 0 Å². The number of aromatic nitrogens is 2. The third-order valence-corrected chi connectivity index (χ3v) is 3.70. The van der Waals surface area contributed by atoms with Crippen molar-refractivity contribution in [3.63, 3.8) is 0 Å². The first-order chi connectivity index (χ1) is 8.31. The lowest BCUT2D eigenvalue weighted by Gasteiger charge is -2.26. The van der Waals surface area contributed by atoms with Crippen LogP contribution < -0.4 is 5.32 Å². The molecular weight excluding hydrogens is 212 g/mol. The fourth-order valence-electron chi connectivity index (χ4n) is 2.57. The molecule has 17 heavy (non-hydrogen) atoms. The molecule has 4 heteroatoms. The summed E-state index contributed by atoms with van der Waals surface area (Å²) >= 11 is 0. The Morgan fingerprint density at radius 1 is 1.47 bits per heavy atom. The molecule has 1 atom stereocenters. The number of nitrogens with zero attached hydrogens (tertiary/aromatic N) is 3. The molecule has 1 aromatic rings. The third kappa shape index (κ3) is 3.30. The molecule has 0 aromatic carbocycles. The molecule has 0 saturated carbocycles. The van der Waals surface area contributed by atoms with Crippen molar-refractivity contribution in [1.82, 2.24) is 19.8 Å². The average molecular weight is 236 g/mol. The van der Waals surface area contributed by atoms with Gasteiger partial charge in [-0.05, 0) is 46.3 Å². The van der Waals surface area contributed by atoms with Gasteiger partial charge in [0.2, 0.25) is 0 Å².